The van der Waals surface area contributed by atoms with Crippen molar-refractivity contribution in [3.63, 3.8) is 0 Å². The molecule has 8 heteroatoms. The van der Waals surface area contributed by atoms with Gasteiger partial charge in [0, 0.05) is 19.6 Å². The molecule has 3 aliphatic heterocycles. The predicted octanol–water partition coefficient (Wildman–Crippen LogP) is 0.975. The van der Waals surface area contributed by atoms with Crippen molar-refractivity contribution in [1.82, 2.24) is 19.8 Å². The topological polar surface area (TPSA) is 81.8 Å². The number of carbonyl (C=O) groups excluding carboxylic acids is 3. The molecule has 4 rings (SSSR count). The third-order valence-corrected chi connectivity index (χ3v) is 5.69. The van der Waals surface area contributed by atoms with Gasteiger partial charge in [0.1, 0.15) is 10.9 Å². The van der Waals surface area contributed by atoms with Gasteiger partial charge in [0.15, 0.2) is 0 Å². The maximum Gasteiger partial charge on any atom is 0.328 e. The molecule has 1 aromatic carbocycles. The van der Waals surface area contributed by atoms with E-state index in [2.05, 4.69) is 16.1 Å². The minimum absolute atomic E-state index is 0.150. The van der Waals surface area contributed by atoms with E-state index < -0.39 is 12.1 Å². The maximum absolute atomic E-state index is 13.0. The average molecular weight is 358 g/mol. The van der Waals surface area contributed by atoms with Gasteiger partial charge in [-0.15, -0.1) is 0 Å². The molecule has 0 radical (unpaired) electrons. The zero-order chi connectivity index (χ0) is 17.6. The standard InChI is InChI=1S/C17H18N4O3S/c1-2-21-15(22)13-12(18-17(21)24)14(25-19-13)16(23)20-8-7-10-5-3-4-6-11(10)9-20/h3-6,13,19H,2,7-9H2,1H3,(H,18,24). The summed E-state index contributed by atoms with van der Waals surface area (Å²) < 4.78 is 2.97. The zero-order valence-electron chi connectivity index (χ0n) is 13.7. The Kier molecular flexibility index (Phi) is 4.01. The van der Waals surface area contributed by atoms with Crippen LogP contribution < -0.4 is 10.0 Å². The minimum Gasteiger partial charge on any atom is -0.333 e. The maximum atomic E-state index is 13.0. The normalized spacial score (nSPS) is 22.7. The van der Waals surface area contributed by atoms with E-state index in [1.165, 1.54) is 5.56 Å². The third kappa shape index (κ3) is 2.61. The monoisotopic (exact) mass is 358 g/mol. The molecule has 0 aromatic heterocycles. The first-order chi connectivity index (χ1) is 12.1. The van der Waals surface area contributed by atoms with Crippen LogP contribution in [0.2, 0.25) is 0 Å². The molecule has 25 heavy (non-hydrogen) atoms. The van der Waals surface area contributed by atoms with Crippen molar-refractivity contribution in [3.05, 3.63) is 46.0 Å². The number of benzene rings is 1. The summed E-state index contributed by atoms with van der Waals surface area (Å²) in [5, 5.41) is 2.71. The number of nitrogens with one attached hydrogen (secondary N) is 2. The lowest BCUT2D eigenvalue weighted by atomic mass is 10.00. The summed E-state index contributed by atoms with van der Waals surface area (Å²) in [7, 11) is 0. The van der Waals surface area contributed by atoms with Crippen molar-refractivity contribution in [2.75, 3.05) is 13.1 Å². The number of likely N-dealkylation sites (N-methyl/N-ethyl adjacent to an activating group) is 1. The molecular formula is C17H18N4O3S. The Morgan fingerprint density at radius 1 is 1.28 bits per heavy atom. The number of fused-ring (bicyclic) bond motifs is 2. The number of amides is 4. The average Bonchev–Trinajstić information content (AvgIpc) is 3.05. The van der Waals surface area contributed by atoms with Crippen molar-refractivity contribution in [3.8, 4) is 0 Å². The fourth-order valence-corrected chi connectivity index (χ4v) is 4.32. The van der Waals surface area contributed by atoms with Gasteiger partial charge >= 0.3 is 6.03 Å². The molecular weight excluding hydrogens is 340 g/mol. The largest absolute Gasteiger partial charge is 0.333 e. The predicted molar refractivity (Wildman–Crippen MR) is 93.0 cm³/mol. The first-order valence-corrected chi connectivity index (χ1v) is 9.06. The molecule has 2 N–H and O–H groups in total. The van der Waals surface area contributed by atoms with Crippen molar-refractivity contribution in [1.29, 1.82) is 0 Å². The molecule has 0 saturated carbocycles. The zero-order valence-corrected chi connectivity index (χ0v) is 14.6. The van der Waals surface area contributed by atoms with Crippen LogP contribution in [0.1, 0.15) is 18.1 Å². The Morgan fingerprint density at radius 2 is 2.04 bits per heavy atom. The molecule has 7 nitrogen and oxygen atoms in total. The lowest BCUT2D eigenvalue weighted by Crippen LogP contribution is -2.57. The van der Waals surface area contributed by atoms with Crippen LogP contribution in [0.15, 0.2) is 34.9 Å². The van der Waals surface area contributed by atoms with E-state index in [-0.39, 0.29) is 11.8 Å². The van der Waals surface area contributed by atoms with Crippen molar-refractivity contribution < 1.29 is 14.4 Å². The number of rotatable bonds is 2. The van der Waals surface area contributed by atoms with Crippen LogP contribution in [-0.2, 0) is 22.6 Å². The first-order valence-electron chi connectivity index (χ1n) is 8.25. The molecule has 1 unspecified atom stereocenters. The summed E-state index contributed by atoms with van der Waals surface area (Å²) in [5.41, 5.74) is 2.79. The smallest absolute Gasteiger partial charge is 0.328 e. The Bertz CT molecular complexity index is 807. The molecule has 3 heterocycles. The molecule has 0 spiro atoms. The van der Waals surface area contributed by atoms with Crippen LogP contribution in [0, 0.1) is 0 Å². The SMILES string of the molecule is CCN1C(=O)NC2=C(C(=O)N3CCc4ccccc4C3)SNC2C1=O. The minimum atomic E-state index is -0.668. The van der Waals surface area contributed by atoms with Gasteiger partial charge in [0.05, 0.1) is 5.70 Å². The number of hydrogen-bond donors (Lipinski definition) is 2. The Labute approximate surface area is 149 Å². The van der Waals surface area contributed by atoms with Crippen molar-refractivity contribution in [2.24, 2.45) is 0 Å². The molecule has 0 aliphatic carbocycles. The van der Waals surface area contributed by atoms with Gasteiger partial charge in [-0.2, -0.15) is 0 Å². The summed E-state index contributed by atoms with van der Waals surface area (Å²) in [6, 6.07) is 6.94. The fraction of sp³-hybridized carbons (Fsp3) is 0.353. The fourth-order valence-electron chi connectivity index (χ4n) is 3.38. The van der Waals surface area contributed by atoms with Crippen LogP contribution in [0.3, 0.4) is 0 Å². The van der Waals surface area contributed by atoms with E-state index >= 15 is 0 Å². The van der Waals surface area contributed by atoms with Crippen LogP contribution in [0.5, 0.6) is 0 Å². The summed E-state index contributed by atoms with van der Waals surface area (Å²) in [6.45, 7) is 3.21. The Hall–Kier alpha value is -2.32. The van der Waals surface area contributed by atoms with E-state index in [4.69, 9.17) is 0 Å². The number of imide groups is 1. The van der Waals surface area contributed by atoms with Gasteiger partial charge in [-0.25, -0.2) is 9.52 Å². The number of hydrogen-bond acceptors (Lipinski definition) is 5. The summed E-state index contributed by atoms with van der Waals surface area (Å²) in [6.07, 6.45) is 0.807. The van der Waals surface area contributed by atoms with Gasteiger partial charge < -0.3 is 10.2 Å². The number of carbonyl (C=O) groups is 3. The second kappa shape index (κ2) is 6.20. The molecule has 4 amide bonds. The Morgan fingerprint density at radius 3 is 2.80 bits per heavy atom. The van der Waals surface area contributed by atoms with Crippen LogP contribution in [0.25, 0.3) is 0 Å². The van der Waals surface area contributed by atoms with E-state index in [0.717, 1.165) is 28.8 Å². The highest BCUT2D eigenvalue weighted by molar-refractivity contribution is 8.02. The summed E-state index contributed by atoms with van der Waals surface area (Å²) in [4.78, 5) is 40.7. The van der Waals surface area contributed by atoms with Gasteiger partial charge in [-0.1, -0.05) is 24.3 Å². The molecule has 3 aliphatic rings. The third-order valence-electron chi connectivity index (χ3n) is 4.74. The highest BCUT2D eigenvalue weighted by Crippen LogP contribution is 2.33. The van der Waals surface area contributed by atoms with Gasteiger partial charge in [0.2, 0.25) is 0 Å². The highest BCUT2D eigenvalue weighted by Gasteiger charge is 2.44. The van der Waals surface area contributed by atoms with Crippen LogP contribution >= 0.6 is 11.9 Å². The quantitative estimate of drug-likeness (QED) is 0.770. The second-order valence-electron chi connectivity index (χ2n) is 6.15. The van der Waals surface area contributed by atoms with Gasteiger partial charge in [0.25, 0.3) is 11.8 Å². The number of urea groups is 1. The van der Waals surface area contributed by atoms with Crippen LogP contribution in [-0.4, -0.2) is 46.8 Å². The highest BCUT2D eigenvalue weighted by atomic mass is 32.2. The second-order valence-corrected chi connectivity index (χ2v) is 7.00. The molecule has 130 valence electrons. The first kappa shape index (κ1) is 16.2. The van der Waals surface area contributed by atoms with Crippen LogP contribution in [0.4, 0.5) is 4.79 Å². The molecule has 0 bridgehead atoms. The van der Waals surface area contributed by atoms with E-state index in [1.54, 1.807) is 11.8 Å². The molecule has 1 fully saturated rings. The lowest BCUT2D eigenvalue weighted by molar-refractivity contribution is -0.129. The van der Waals surface area contributed by atoms with Gasteiger partial charge in [-0.05, 0) is 36.4 Å². The molecule has 1 atom stereocenters. The summed E-state index contributed by atoms with van der Waals surface area (Å²) >= 11 is 1.13. The van der Waals surface area contributed by atoms with Crippen molar-refractivity contribution in [2.45, 2.75) is 25.9 Å². The van der Waals surface area contributed by atoms with E-state index in [1.807, 2.05) is 18.2 Å². The van der Waals surface area contributed by atoms with Crippen molar-refractivity contribution >= 4 is 29.8 Å². The lowest BCUT2D eigenvalue weighted by Gasteiger charge is -2.31. The summed E-state index contributed by atoms with van der Waals surface area (Å²) in [5.74, 6) is -0.469. The van der Waals surface area contributed by atoms with E-state index in [0.29, 0.717) is 30.2 Å². The molecule has 1 aromatic rings. The number of nitrogens with zero attached hydrogens (tertiary/aromatic N) is 2. The Balaban J connectivity index is 1.59. The van der Waals surface area contributed by atoms with Gasteiger partial charge in [-0.3, -0.25) is 14.5 Å². The molecule has 1 saturated heterocycles. The van der Waals surface area contributed by atoms with E-state index in [9.17, 15) is 14.4 Å².